The van der Waals surface area contributed by atoms with Crippen molar-refractivity contribution in [2.45, 2.75) is 18.9 Å². The second-order valence-corrected chi connectivity index (χ2v) is 9.91. The number of likely N-dealkylation sites (tertiary alicyclic amines) is 1. The molecule has 184 valence electrons. The van der Waals surface area contributed by atoms with Crippen LogP contribution in [0.2, 0.25) is 0 Å². The van der Waals surface area contributed by atoms with Crippen molar-refractivity contribution in [2.75, 3.05) is 19.6 Å². The summed E-state index contributed by atoms with van der Waals surface area (Å²) in [6.45, 7) is 3.00. The summed E-state index contributed by atoms with van der Waals surface area (Å²) in [6, 6.07) is 34.3. The highest BCUT2D eigenvalue weighted by Crippen LogP contribution is 2.37. The zero-order valence-electron chi connectivity index (χ0n) is 20.9. The zero-order valence-corrected chi connectivity index (χ0v) is 20.9. The summed E-state index contributed by atoms with van der Waals surface area (Å²) >= 11 is 0. The second-order valence-electron chi connectivity index (χ2n) is 9.91. The van der Waals surface area contributed by atoms with Crippen LogP contribution >= 0.6 is 0 Å². The van der Waals surface area contributed by atoms with Gasteiger partial charge in [-0.25, -0.2) is 4.39 Å². The van der Waals surface area contributed by atoms with Crippen LogP contribution in [0.4, 0.5) is 4.39 Å². The first-order chi connectivity index (χ1) is 18.2. The topological polar surface area (TPSA) is 13.7 Å². The van der Waals surface area contributed by atoms with Gasteiger partial charge in [-0.2, -0.15) is 0 Å². The standard InChI is InChI=1S/C34H30FNO/c35-29-16-18-30(19-17-29)37-33(27-10-2-1-3-11-27)24-36-22-20-28(21-23-36)34-31-12-6-4-8-25(31)14-15-26-9-5-7-13-32(26)34/h1-19,33H,20-24H2/p+1. The van der Waals surface area contributed by atoms with Crippen molar-refractivity contribution >= 4 is 17.7 Å². The molecule has 1 N–H and O–H groups in total. The fourth-order valence-electron chi connectivity index (χ4n) is 5.64. The summed E-state index contributed by atoms with van der Waals surface area (Å²) in [5.41, 5.74) is 9.36. The highest BCUT2D eigenvalue weighted by molar-refractivity contribution is 5.94. The minimum absolute atomic E-state index is 0.0839. The molecule has 1 unspecified atom stereocenters. The van der Waals surface area contributed by atoms with Gasteiger partial charge in [-0.15, -0.1) is 0 Å². The lowest BCUT2D eigenvalue weighted by Gasteiger charge is -2.31. The van der Waals surface area contributed by atoms with E-state index in [1.807, 2.05) is 6.07 Å². The van der Waals surface area contributed by atoms with E-state index >= 15 is 0 Å². The second kappa shape index (κ2) is 10.6. The van der Waals surface area contributed by atoms with Crippen LogP contribution in [0, 0.1) is 5.82 Å². The number of halogens is 1. The normalized spacial score (nSPS) is 17.5. The summed E-state index contributed by atoms with van der Waals surface area (Å²) in [4.78, 5) is 1.54. The number of quaternary nitrogens is 1. The van der Waals surface area contributed by atoms with Crippen LogP contribution in [0.3, 0.4) is 0 Å². The van der Waals surface area contributed by atoms with Crippen LogP contribution in [0.1, 0.15) is 46.8 Å². The van der Waals surface area contributed by atoms with Crippen LogP contribution in [0.15, 0.2) is 109 Å². The molecule has 4 aromatic carbocycles. The molecule has 0 saturated carbocycles. The van der Waals surface area contributed by atoms with E-state index in [1.54, 1.807) is 17.7 Å². The Kier molecular flexibility index (Phi) is 6.70. The average molecular weight is 489 g/mol. The Morgan fingerprint density at radius 1 is 0.676 bits per heavy atom. The molecule has 0 bridgehead atoms. The molecule has 2 aliphatic rings. The van der Waals surface area contributed by atoms with E-state index in [2.05, 4.69) is 84.9 Å². The first kappa shape index (κ1) is 23.4. The van der Waals surface area contributed by atoms with Gasteiger partial charge in [0.2, 0.25) is 0 Å². The summed E-state index contributed by atoms with van der Waals surface area (Å²) in [6.07, 6.45) is 6.54. The van der Waals surface area contributed by atoms with Gasteiger partial charge in [0, 0.05) is 12.8 Å². The number of nitrogens with one attached hydrogen (secondary N) is 1. The lowest BCUT2D eigenvalue weighted by Crippen LogP contribution is -3.13. The van der Waals surface area contributed by atoms with Gasteiger partial charge in [0.25, 0.3) is 0 Å². The minimum Gasteiger partial charge on any atom is -0.480 e. The van der Waals surface area contributed by atoms with E-state index in [0.717, 1.165) is 38.0 Å². The number of hydrogen-bond acceptors (Lipinski definition) is 1. The van der Waals surface area contributed by atoms with E-state index in [4.69, 9.17) is 4.74 Å². The molecule has 3 heteroatoms. The van der Waals surface area contributed by atoms with Crippen LogP contribution in [-0.2, 0) is 0 Å². The van der Waals surface area contributed by atoms with Crippen molar-refractivity contribution in [3.63, 3.8) is 0 Å². The first-order valence-corrected chi connectivity index (χ1v) is 13.1. The zero-order chi connectivity index (χ0) is 25.0. The number of ether oxygens (including phenoxy) is 1. The smallest absolute Gasteiger partial charge is 0.172 e. The van der Waals surface area contributed by atoms with Crippen LogP contribution in [-0.4, -0.2) is 19.6 Å². The Labute approximate surface area is 218 Å². The van der Waals surface area contributed by atoms with Crippen LogP contribution in [0.25, 0.3) is 17.7 Å². The Bertz CT molecular complexity index is 1380. The third kappa shape index (κ3) is 5.14. The summed E-state index contributed by atoms with van der Waals surface area (Å²) in [5, 5.41) is 0. The fraction of sp³-hybridized carbons (Fsp3) is 0.176. The van der Waals surface area contributed by atoms with E-state index < -0.39 is 0 Å². The van der Waals surface area contributed by atoms with Crippen LogP contribution < -0.4 is 9.64 Å². The van der Waals surface area contributed by atoms with E-state index in [-0.39, 0.29) is 11.9 Å². The van der Waals surface area contributed by atoms with Gasteiger partial charge in [0.05, 0.1) is 13.1 Å². The molecule has 1 saturated heterocycles. The molecule has 1 heterocycles. The summed E-state index contributed by atoms with van der Waals surface area (Å²) < 4.78 is 19.9. The van der Waals surface area contributed by atoms with Crippen molar-refractivity contribution < 1.29 is 14.0 Å². The molecule has 0 radical (unpaired) electrons. The molecule has 37 heavy (non-hydrogen) atoms. The Balaban J connectivity index is 1.25. The SMILES string of the molecule is Fc1ccc(OC(C[NH+]2CCC(=C3c4ccccc4C=Cc4ccccc43)CC2)c2ccccc2)cc1. The van der Waals surface area contributed by atoms with Crippen molar-refractivity contribution in [2.24, 2.45) is 0 Å². The lowest BCUT2D eigenvalue weighted by atomic mass is 9.86. The molecule has 1 aliphatic carbocycles. The predicted octanol–water partition coefficient (Wildman–Crippen LogP) is 6.61. The maximum atomic E-state index is 13.5. The molecule has 4 aromatic rings. The van der Waals surface area contributed by atoms with Crippen molar-refractivity contribution in [1.29, 1.82) is 0 Å². The Hall–Kier alpha value is -3.95. The quantitative estimate of drug-likeness (QED) is 0.294. The molecule has 1 fully saturated rings. The molecule has 2 nitrogen and oxygen atoms in total. The van der Waals surface area contributed by atoms with Gasteiger partial charge in [0.15, 0.2) is 6.10 Å². The first-order valence-electron chi connectivity index (χ1n) is 13.1. The maximum absolute atomic E-state index is 13.5. The lowest BCUT2D eigenvalue weighted by molar-refractivity contribution is -0.906. The number of hydrogen-bond donors (Lipinski definition) is 1. The number of piperidine rings is 1. The minimum atomic E-state index is -0.248. The average Bonchev–Trinajstić information content (AvgIpc) is 3.12. The summed E-state index contributed by atoms with van der Waals surface area (Å²) in [7, 11) is 0. The van der Waals surface area contributed by atoms with Crippen molar-refractivity contribution in [1.82, 2.24) is 0 Å². The van der Waals surface area contributed by atoms with E-state index in [9.17, 15) is 4.39 Å². The largest absolute Gasteiger partial charge is 0.480 e. The van der Waals surface area contributed by atoms with E-state index in [1.165, 1.54) is 44.9 Å². The molecule has 0 amide bonds. The summed E-state index contributed by atoms with van der Waals surface area (Å²) in [5.74, 6) is 0.455. The monoisotopic (exact) mass is 488 g/mol. The van der Waals surface area contributed by atoms with Gasteiger partial charge in [-0.1, -0.05) is 96.6 Å². The van der Waals surface area contributed by atoms with Gasteiger partial charge >= 0.3 is 0 Å². The highest BCUT2D eigenvalue weighted by Gasteiger charge is 2.27. The maximum Gasteiger partial charge on any atom is 0.172 e. The third-order valence-electron chi connectivity index (χ3n) is 7.55. The molecule has 0 aromatic heterocycles. The van der Waals surface area contributed by atoms with E-state index in [0.29, 0.717) is 5.75 Å². The highest BCUT2D eigenvalue weighted by atomic mass is 19.1. The van der Waals surface area contributed by atoms with Crippen molar-refractivity contribution in [3.8, 4) is 5.75 Å². The van der Waals surface area contributed by atoms with Gasteiger partial charge in [-0.3, -0.25) is 0 Å². The molecule has 1 aliphatic heterocycles. The Morgan fingerprint density at radius 3 is 1.86 bits per heavy atom. The van der Waals surface area contributed by atoms with Gasteiger partial charge in [-0.05, 0) is 57.7 Å². The Morgan fingerprint density at radius 2 is 1.24 bits per heavy atom. The van der Waals surface area contributed by atoms with Crippen molar-refractivity contribution in [3.05, 3.63) is 142 Å². The fourth-order valence-corrected chi connectivity index (χ4v) is 5.64. The molecular weight excluding hydrogens is 457 g/mol. The molecule has 6 rings (SSSR count). The number of rotatable bonds is 5. The van der Waals surface area contributed by atoms with Crippen LogP contribution in [0.5, 0.6) is 5.75 Å². The predicted molar refractivity (Wildman–Crippen MR) is 149 cm³/mol. The third-order valence-corrected chi connectivity index (χ3v) is 7.55. The molecule has 1 atom stereocenters. The van der Waals surface area contributed by atoms with Gasteiger partial charge in [0.1, 0.15) is 18.1 Å². The molecular formula is C34H31FNO+. The van der Waals surface area contributed by atoms with Gasteiger partial charge < -0.3 is 9.64 Å². The molecule has 0 spiro atoms. The number of benzene rings is 4. The number of fused-ring (bicyclic) bond motifs is 2.